The maximum absolute atomic E-state index is 12.2. The summed E-state index contributed by atoms with van der Waals surface area (Å²) in [5, 5.41) is 9.49. The first-order valence-corrected chi connectivity index (χ1v) is 7.13. The molecule has 0 unspecified atom stereocenters. The van der Waals surface area contributed by atoms with E-state index in [0.717, 1.165) is 13.1 Å². The van der Waals surface area contributed by atoms with E-state index in [4.69, 9.17) is 0 Å². The molecule has 0 saturated carbocycles. The fourth-order valence-electron chi connectivity index (χ4n) is 2.72. The third-order valence-corrected chi connectivity index (χ3v) is 3.76. The van der Waals surface area contributed by atoms with Crippen molar-refractivity contribution in [3.8, 4) is 0 Å². The van der Waals surface area contributed by atoms with E-state index in [1.54, 1.807) is 0 Å². The van der Waals surface area contributed by atoms with E-state index in [9.17, 15) is 18.3 Å². The van der Waals surface area contributed by atoms with Crippen molar-refractivity contribution >= 4 is 5.69 Å². The lowest BCUT2D eigenvalue weighted by Gasteiger charge is -2.37. The summed E-state index contributed by atoms with van der Waals surface area (Å²) in [5.74, 6) is 0. The maximum Gasteiger partial charge on any atom is 0.391 e. The fraction of sp³-hybridized carbons (Fsp3) is 0.600. The average Bonchev–Trinajstić information content (AvgIpc) is 2.38. The number of rotatable bonds is 4. The van der Waals surface area contributed by atoms with Crippen LogP contribution in [0.3, 0.4) is 0 Å². The van der Waals surface area contributed by atoms with Gasteiger partial charge >= 0.3 is 6.18 Å². The third kappa shape index (κ3) is 4.89. The summed E-state index contributed by atoms with van der Waals surface area (Å²) >= 11 is 0. The molecule has 0 aromatic heterocycles. The second kappa shape index (κ2) is 6.66. The van der Waals surface area contributed by atoms with Crippen LogP contribution >= 0.6 is 0 Å². The van der Waals surface area contributed by atoms with Crippen LogP contribution in [-0.4, -0.2) is 55.0 Å². The molecule has 1 saturated heterocycles. The normalized spacial score (nSPS) is 18.8. The molecule has 0 amide bonds. The number of anilines is 1. The summed E-state index contributed by atoms with van der Waals surface area (Å²) in [7, 11) is 0. The van der Waals surface area contributed by atoms with Gasteiger partial charge in [-0.05, 0) is 18.6 Å². The van der Waals surface area contributed by atoms with E-state index >= 15 is 0 Å². The van der Waals surface area contributed by atoms with E-state index < -0.39 is 18.7 Å². The van der Waals surface area contributed by atoms with Crippen molar-refractivity contribution in [3.05, 3.63) is 29.8 Å². The Labute approximate surface area is 123 Å². The molecule has 3 nitrogen and oxygen atoms in total. The molecule has 1 aliphatic rings. The number of alkyl halides is 3. The summed E-state index contributed by atoms with van der Waals surface area (Å²) in [6.45, 7) is 5.01. The van der Waals surface area contributed by atoms with Gasteiger partial charge in [0.05, 0.1) is 12.5 Å². The highest BCUT2D eigenvalue weighted by Gasteiger charge is 2.32. The minimum Gasteiger partial charge on any atom is -0.391 e. The molecule has 2 rings (SSSR count). The topological polar surface area (TPSA) is 26.7 Å². The number of β-amino-alcohol motifs (C(OH)–C–C–N with tert-alkyl or cyclic N) is 1. The Bertz CT molecular complexity index is 456. The molecule has 1 aliphatic heterocycles. The predicted octanol–water partition coefficient (Wildman–Crippen LogP) is 2.43. The molecule has 1 aromatic rings. The van der Waals surface area contributed by atoms with Crippen molar-refractivity contribution in [2.45, 2.75) is 25.6 Å². The summed E-state index contributed by atoms with van der Waals surface area (Å²) in [5.41, 5.74) is 2.37. The van der Waals surface area contributed by atoms with E-state index in [1.807, 2.05) is 17.0 Å². The monoisotopic (exact) mass is 302 g/mol. The quantitative estimate of drug-likeness (QED) is 0.925. The number of aryl methyl sites for hydroxylation is 1. The molecule has 1 heterocycles. The van der Waals surface area contributed by atoms with Gasteiger partial charge in [-0.25, -0.2) is 0 Å². The zero-order valence-corrected chi connectivity index (χ0v) is 12.1. The van der Waals surface area contributed by atoms with Gasteiger partial charge in [-0.2, -0.15) is 13.2 Å². The van der Waals surface area contributed by atoms with Crippen LogP contribution in [0.5, 0.6) is 0 Å². The molecule has 0 spiro atoms. The predicted molar refractivity (Wildman–Crippen MR) is 76.5 cm³/mol. The molecule has 21 heavy (non-hydrogen) atoms. The van der Waals surface area contributed by atoms with E-state index in [-0.39, 0.29) is 6.54 Å². The summed E-state index contributed by atoms with van der Waals surface area (Å²) in [6.07, 6.45) is -6.78. The maximum atomic E-state index is 12.2. The molecule has 0 radical (unpaired) electrons. The Morgan fingerprint density at radius 2 is 1.76 bits per heavy atom. The first-order valence-electron chi connectivity index (χ1n) is 7.13. The van der Waals surface area contributed by atoms with Gasteiger partial charge in [0.2, 0.25) is 0 Å². The first-order chi connectivity index (χ1) is 9.85. The number of aliphatic hydroxyl groups excluding tert-OH is 1. The Kier molecular flexibility index (Phi) is 5.11. The van der Waals surface area contributed by atoms with E-state index in [2.05, 4.69) is 24.0 Å². The van der Waals surface area contributed by atoms with Crippen LogP contribution in [0.1, 0.15) is 12.0 Å². The summed E-state index contributed by atoms with van der Waals surface area (Å²) < 4.78 is 36.6. The highest BCUT2D eigenvalue weighted by molar-refractivity contribution is 5.53. The number of piperazine rings is 1. The zero-order valence-electron chi connectivity index (χ0n) is 12.1. The lowest BCUT2D eigenvalue weighted by atomic mass is 10.1. The zero-order chi connectivity index (χ0) is 15.5. The minimum absolute atomic E-state index is 0.0844. The van der Waals surface area contributed by atoms with Gasteiger partial charge in [0, 0.05) is 38.4 Å². The van der Waals surface area contributed by atoms with Crippen LogP contribution < -0.4 is 4.90 Å². The van der Waals surface area contributed by atoms with Gasteiger partial charge in [0.25, 0.3) is 0 Å². The molecule has 6 heteroatoms. The standard InChI is InChI=1S/C15H21F3N2O/c1-12-4-2-3-5-14(12)20-8-6-19(7-9-20)11-13(21)10-15(16,17)18/h2-5,13,21H,6-11H2,1H3/t13-/m0/s1. The Morgan fingerprint density at radius 3 is 2.33 bits per heavy atom. The average molecular weight is 302 g/mol. The number of hydrogen-bond acceptors (Lipinski definition) is 3. The smallest absolute Gasteiger partial charge is 0.391 e. The van der Waals surface area contributed by atoms with Gasteiger partial charge in [0.1, 0.15) is 0 Å². The highest BCUT2D eigenvalue weighted by Crippen LogP contribution is 2.23. The van der Waals surface area contributed by atoms with Crippen molar-refractivity contribution in [1.82, 2.24) is 4.90 Å². The van der Waals surface area contributed by atoms with Gasteiger partial charge in [0.15, 0.2) is 0 Å². The minimum atomic E-state index is -4.30. The third-order valence-electron chi connectivity index (χ3n) is 3.76. The van der Waals surface area contributed by atoms with Crippen LogP contribution in [-0.2, 0) is 0 Å². The molecule has 0 aliphatic carbocycles. The molecule has 0 bridgehead atoms. The van der Waals surface area contributed by atoms with Gasteiger partial charge < -0.3 is 10.0 Å². The number of aliphatic hydroxyl groups is 1. The SMILES string of the molecule is Cc1ccccc1N1CCN(C[C@@H](O)CC(F)(F)F)CC1. The van der Waals surface area contributed by atoms with Gasteiger partial charge in [-0.15, -0.1) is 0 Å². The van der Waals surface area contributed by atoms with E-state index in [0.29, 0.717) is 13.1 Å². The highest BCUT2D eigenvalue weighted by atomic mass is 19.4. The Balaban J connectivity index is 1.82. The van der Waals surface area contributed by atoms with Crippen LogP contribution in [0.4, 0.5) is 18.9 Å². The van der Waals surface area contributed by atoms with Crippen molar-refractivity contribution < 1.29 is 18.3 Å². The number of para-hydroxylation sites is 1. The lowest BCUT2D eigenvalue weighted by Crippen LogP contribution is -2.49. The van der Waals surface area contributed by atoms with E-state index in [1.165, 1.54) is 11.3 Å². The van der Waals surface area contributed by atoms with Crippen LogP contribution in [0.15, 0.2) is 24.3 Å². The number of nitrogens with zero attached hydrogens (tertiary/aromatic N) is 2. The van der Waals surface area contributed by atoms with Crippen LogP contribution in [0.2, 0.25) is 0 Å². The number of halogens is 3. The molecule has 1 fully saturated rings. The molecular weight excluding hydrogens is 281 g/mol. The second-order valence-electron chi connectivity index (χ2n) is 5.55. The van der Waals surface area contributed by atoms with Crippen molar-refractivity contribution in [1.29, 1.82) is 0 Å². The Morgan fingerprint density at radius 1 is 1.14 bits per heavy atom. The van der Waals surface area contributed by atoms with Crippen molar-refractivity contribution in [3.63, 3.8) is 0 Å². The molecular formula is C15H21F3N2O. The number of benzene rings is 1. The molecule has 1 N–H and O–H groups in total. The van der Waals surface area contributed by atoms with Gasteiger partial charge in [-0.3, -0.25) is 4.90 Å². The molecule has 1 aromatic carbocycles. The van der Waals surface area contributed by atoms with Gasteiger partial charge in [-0.1, -0.05) is 18.2 Å². The second-order valence-corrected chi connectivity index (χ2v) is 5.55. The Hall–Kier alpha value is -1.27. The molecule has 118 valence electrons. The fourth-order valence-corrected chi connectivity index (χ4v) is 2.72. The number of hydrogen-bond donors (Lipinski definition) is 1. The first kappa shape index (κ1) is 16.1. The van der Waals surface area contributed by atoms with Crippen LogP contribution in [0.25, 0.3) is 0 Å². The largest absolute Gasteiger partial charge is 0.391 e. The molecule has 1 atom stereocenters. The summed E-state index contributed by atoms with van der Waals surface area (Å²) in [6, 6.07) is 8.09. The van der Waals surface area contributed by atoms with Crippen molar-refractivity contribution in [2.75, 3.05) is 37.6 Å². The lowest BCUT2D eigenvalue weighted by molar-refractivity contribution is -0.155. The van der Waals surface area contributed by atoms with Crippen LogP contribution in [0, 0.1) is 6.92 Å². The van der Waals surface area contributed by atoms with Crippen molar-refractivity contribution in [2.24, 2.45) is 0 Å². The summed E-state index contributed by atoms with van der Waals surface area (Å²) in [4.78, 5) is 4.13.